The van der Waals surface area contributed by atoms with Crippen LogP contribution in [-0.4, -0.2) is 23.1 Å². The second-order valence-corrected chi connectivity index (χ2v) is 7.26. The summed E-state index contributed by atoms with van der Waals surface area (Å²) in [5, 5.41) is 6.94. The van der Waals surface area contributed by atoms with Crippen LogP contribution in [0.4, 0.5) is 0 Å². The highest BCUT2D eigenvalue weighted by Crippen LogP contribution is 2.39. The van der Waals surface area contributed by atoms with E-state index in [9.17, 15) is 0 Å². The molecule has 2 aromatic rings. The van der Waals surface area contributed by atoms with Crippen LogP contribution in [0.3, 0.4) is 0 Å². The Hall–Kier alpha value is -1.83. The normalized spacial score (nSPS) is 17.9. The number of nitrogens with zero attached hydrogens (tertiary/aromatic N) is 2. The van der Waals surface area contributed by atoms with Crippen LogP contribution >= 0.6 is 24.0 Å². The zero-order valence-corrected chi connectivity index (χ0v) is 18.8. The van der Waals surface area contributed by atoms with Crippen LogP contribution in [0.1, 0.15) is 50.1 Å². The summed E-state index contributed by atoms with van der Waals surface area (Å²) in [6.45, 7) is 9.75. The summed E-state index contributed by atoms with van der Waals surface area (Å²) < 4.78 is 6.13. The third-order valence-corrected chi connectivity index (χ3v) is 4.54. The van der Waals surface area contributed by atoms with Crippen LogP contribution in [0, 0.1) is 6.92 Å². The highest BCUT2D eigenvalue weighted by molar-refractivity contribution is 14.0. The predicted octanol–water partition coefficient (Wildman–Crippen LogP) is 4.37. The number of benzene rings is 1. The van der Waals surface area contributed by atoms with Crippen molar-refractivity contribution in [3.63, 3.8) is 0 Å². The van der Waals surface area contributed by atoms with Gasteiger partial charge in [0, 0.05) is 24.7 Å². The molecule has 1 unspecified atom stereocenters. The van der Waals surface area contributed by atoms with Crippen molar-refractivity contribution in [3.05, 3.63) is 59.4 Å². The largest absolute Gasteiger partial charge is 0.487 e. The third kappa shape index (κ3) is 5.57. The van der Waals surface area contributed by atoms with Crippen molar-refractivity contribution in [3.8, 4) is 5.75 Å². The van der Waals surface area contributed by atoms with Gasteiger partial charge in [-0.15, -0.1) is 24.0 Å². The molecule has 0 fully saturated rings. The van der Waals surface area contributed by atoms with Gasteiger partial charge in [0.15, 0.2) is 5.96 Å². The number of ether oxygens (including phenoxy) is 1. The number of fused-ring (bicyclic) bond motifs is 1. The van der Waals surface area contributed by atoms with Crippen LogP contribution in [-0.2, 0) is 6.54 Å². The van der Waals surface area contributed by atoms with E-state index >= 15 is 0 Å². The SMILES string of the molecule is CCNC(=NCc1ncccc1C)NC1CC(C)(C)Oc2ccccc21.I. The minimum Gasteiger partial charge on any atom is -0.487 e. The molecule has 0 saturated heterocycles. The summed E-state index contributed by atoms with van der Waals surface area (Å²) in [6.07, 6.45) is 2.69. The number of pyridine rings is 1. The lowest BCUT2D eigenvalue weighted by Crippen LogP contribution is -2.45. The van der Waals surface area contributed by atoms with E-state index in [1.54, 1.807) is 0 Å². The number of hydrogen-bond donors (Lipinski definition) is 2. The molecule has 0 bridgehead atoms. The molecule has 146 valence electrons. The molecular weight excluding hydrogens is 451 g/mol. The molecule has 1 aliphatic rings. The first-order valence-corrected chi connectivity index (χ1v) is 9.22. The Morgan fingerprint density at radius 3 is 2.78 bits per heavy atom. The molecule has 1 aromatic carbocycles. The van der Waals surface area contributed by atoms with Crippen LogP contribution in [0.2, 0.25) is 0 Å². The van der Waals surface area contributed by atoms with Crippen molar-refractivity contribution in [2.24, 2.45) is 4.99 Å². The monoisotopic (exact) mass is 480 g/mol. The van der Waals surface area contributed by atoms with Gasteiger partial charge in [0.05, 0.1) is 18.3 Å². The van der Waals surface area contributed by atoms with Gasteiger partial charge in [0.1, 0.15) is 11.4 Å². The summed E-state index contributed by atoms with van der Waals surface area (Å²) in [6, 6.07) is 12.4. The van der Waals surface area contributed by atoms with Crippen molar-refractivity contribution in [2.45, 2.75) is 52.3 Å². The highest BCUT2D eigenvalue weighted by atomic mass is 127. The zero-order valence-electron chi connectivity index (χ0n) is 16.5. The van der Waals surface area contributed by atoms with Gasteiger partial charge in [-0.3, -0.25) is 4.98 Å². The van der Waals surface area contributed by atoms with Crippen LogP contribution < -0.4 is 15.4 Å². The number of guanidine groups is 1. The number of rotatable bonds is 4. The van der Waals surface area contributed by atoms with Gasteiger partial charge in [-0.1, -0.05) is 24.3 Å². The fourth-order valence-electron chi connectivity index (χ4n) is 3.25. The summed E-state index contributed by atoms with van der Waals surface area (Å²) in [7, 11) is 0. The highest BCUT2D eigenvalue weighted by Gasteiger charge is 2.33. The molecule has 2 N–H and O–H groups in total. The maximum Gasteiger partial charge on any atom is 0.192 e. The Morgan fingerprint density at radius 2 is 2.04 bits per heavy atom. The molecule has 1 atom stereocenters. The fraction of sp³-hybridized carbons (Fsp3) is 0.429. The minimum atomic E-state index is -0.221. The standard InChI is InChI=1S/C21H28N4O.HI/c1-5-22-20(24-14-18-15(2)9-8-12-23-18)25-17-13-21(3,4)26-19-11-7-6-10-16(17)19;/h6-12,17H,5,13-14H2,1-4H3,(H2,22,24,25);1H. The molecule has 6 heteroatoms. The summed E-state index contributed by atoms with van der Waals surface area (Å²) >= 11 is 0. The van der Waals surface area contributed by atoms with Gasteiger partial charge in [-0.2, -0.15) is 0 Å². The van der Waals surface area contributed by atoms with Crippen LogP contribution in [0.25, 0.3) is 0 Å². The maximum atomic E-state index is 6.13. The lowest BCUT2D eigenvalue weighted by molar-refractivity contribution is 0.0694. The molecule has 1 aliphatic heterocycles. The van der Waals surface area contributed by atoms with E-state index in [4.69, 9.17) is 9.73 Å². The molecule has 0 aliphatic carbocycles. The van der Waals surface area contributed by atoms with Gasteiger partial charge in [0.2, 0.25) is 0 Å². The maximum absolute atomic E-state index is 6.13. The molecule has 5 nitrogen and oxygen atoms in total. The predicted molar refractivity (Wildman–Crippen MR) is 121 cm³/mol. The van der Waals surface area contributed by atoms with E-state index in [1.807, 2.05) is 24.4 Å². The average Bonchev–Trinajstić information content (AvgIpc) is 2.60. The lowest BCUT2D eigenvalue weighted by atomic mass is 9.90. The Morgan fingerprint density at radius 1 is 1.26 bits per heavy atom. The molecule has 0 radical (unpaired) electrons. The lowest BCUT2D eigenvalue weighted by Gasteiger charge is -2.38. The Balaban J connectivity index is 0.00000261. The molecule has 2 heterocycles. The Labute approximate surface area is 179 Å². The average molecular weight is 480 g/mol. The number of aliphatic imine (C=N–C) groups is 1. The number of aromatic nitrogens is 1. The van der Waals surface area contributed by atoms with Crippen molar-refractivity contribution in [1.82, 2.24) is 15.6 Å². The van der Waals surface area contributed by atoms with Gasteiger partial charge >= 0.3 is 0 Å². The van der Waals surface area contributed by atoms with Crippen molar-refractivity contribution in [1.29, 1.82) is 0 Å². The molecule has 0 saturated carbocycles. The fourth-order valence-corrected chi connectivity index (χ4v) is 3.25. The molecular formula is C21H29IN4O. The van der Waals surface area contributed by atoms with Gasteiger partial charge in [0.25, 0.3) is 0 Å². The third-order valence-electron chi connectivity index (χ3n) is 4.54. The van der Waals surface area contributed by atoms with E-state index in [0.29, 0.717) is 6.54 Å². The Bertz CT molecular complexity index is 791. The minimum absolute atomic E-state index is 0. The summed E-state index contributed by atoms with van der Waals surface area (Å²) in [4.78, 5) is 9.18. The van der Waals surface area contributed by atoms with Gasteiger partial charge in [-0.05, 0) is 45.4 Å². The molecule has 0 amide bonds. The second kappa shape index (κ2) is 9.39. The van der Waals surface area contributed by atoms with Crippen molar-refractivity contribution in [2.75, 3.05) is 6.54 Å². The second-order valence-electron chi connectivity index (χ2n) is 7.26. The first-order valence-electron chi connectivity index (χ1n) is 9.22. The summed E-state index contributed by atoms with van der Waals surface area (Å²) in [5.74, 6) is 1.74. The van der Waals surface area contributed by atoms with Crippen molar-refractivity contribution >= 4 is 29.9 Å². The number of hydrogen-bond acceptors (Lipinski definition) is 3. The van der Waals surface area contributed by atoms with E-state index in [1.165, 1.54) is 5.56 Å². The number of halogens is 1. The molecule has 3 rings (SSSR count). The number of nitrogens with one attached hydrogen (secondary N) is 2. The quantitative estimate of drug-likeness (QED) is 0.388. The van der Waals surface area contributed by atoms with Crippen LogP contribution in [0.15, 0.2) is 47.6 Å². The van der Waals surface area contributed by atoms with Gasteiger partial charge in [-0.25, -0.2) is 4.99 Å². The summed E-state index contributed by atoms with van der Waals surface area (Å²) in [5.41, 5.74) is 3.11. The van der Waals surface area contributed by atoms with E-state index in [2.05, 4.69) is 61.5 Å². The Kier molecular flexibility index (Phi) is 7.47. The molecule has 0 spiro atoms. The molecule has 1 aromatic heterocycles. The zero-order chi connectivity index (χ0) is 18.6. The first kappa shape index (κ1) is 21.5. The van der Waals surface area contributed by atoms with Crippen LogP contribution in [0.5, 0.6) is 5.75 Å². The van der Waals surface area contributed by atoms with Gasteiger partial charge < -0.3 is 15.4 Å². The number of aryl methyl sites for hydroxylation is 1. The smallest absolute Gasteiger partial charge is 0.192 e. The topological polar surface area (TPSA) is 58.5 Å². The number of para-hydroxylation sites is 1. The first-order chi connectivity index (χ1) is 12.5. The molecule has 27 heavy (non-hydrogen) atoms. The van der Waals surface area contributed by atoms with Crippen molar-refractivity contribution < 1.29 is 4.74 Å². The van der Waals surface area contributed by atoms with E-state index < -0.39 is 0 Å². The van der Waals surface area contributed by atoms with E-state index in [-0.39, 0.29) is 35.6 Å². The van der Waals surface area contributed by atoms with E-state index in [0.717, 1.165) is 35.9 Å².